The molecule has 0 aliphatic heterocycles. The molecule has 0 saturated heterocycles. The van der Waals surface area contributed by atoms with E-state index in [1.54, 1.807) is 36.4 Å². The lowest BCUT2D eigenvalue weighted by Crippen LogP contribution is -2.24. The predicted molar refractivity (Wildman–Crippen MR) is 97.5 cm³/mol. The predicted octanol–water partition coefficient (Wildman–Crippen LogP) is 3.34. The molecule has 5 nitrogen and oxygen atoms in total. The van der Waals surface area contributed by atoms with E-state index in [1.807, 2.05) is 24.3 Å². The van der Waals surface area contributed by atoms with Crippen LogP contribution in [0.15, 0.2) is 65.6 Å². The molecule has 25 heavy (non-hydrogen) atoms. The summed E-state index contributed by atoms with van der Waals surface area (Å²) in [5.41, 5.74) is 0.649. The molecule has 0 atom stereocenters. The number of ether oxygens (including phenoxy) is 2. The molecule has 0 bridgehead atoms. The summed E-state index contributed by atoms with van der Waals surface area (Å²) in [6.07, 6.45) is 0. The van der Waals surface area contributed by atoms with E-state index < -0.39 is 10.0 Å². The Balaban J connectivity index is 1.95. The minimum atomic E-state index is -3.70. The molecule has 1 N–H and O–H groups in total. The van der Waals surface area contributed by atoms with Crippen LogP contribution in [0.25, 0.3) is 10.8 Å². The summed E-state index contributed by atoms with van der Waals surface area (Å²) in [5.74, 6) is 1.14. The first-order chi connectivity index (χ1) is 12.1. The van der Waals surface area contributed by atoms with Gasteiger partial charge in [-0.05, 0) is 23.6 Å². The van der Waals surface area contributed by atoms with Gasteiger partial charge in [0.15, 0.2) is 0 Å². The molecule has 130 valence electrons. The third-order valence-electron chi connectivity index (χ3n) is 4.01. The summed E-state index contributed by atoms with van der Waals surface area (Å²) in [6.45, 7) is 0.0682. The van der Waals surface area contributed by atoms with Gasteiger partial charge in [0.05, 0.1) is 24.7 Å². The van der Waals surface area contributed by atoms with Gasteiger partial charge in [-0.1, -0.05) is 42.5 Å². The lowest BCUT2D eigenvalue weighted by molar-refractivity contribution is 0.384. The molecule has 0 spiro atoms. The maximum atomic E-state index is 12.8. The third kappa shape index (κ3) is 3.45. The smallest absolute Gasteiger partial charge is 0.241 e. The summed E-state index contributed by atoms with van der Waals surface area (Å²) in [5, 5.41) is 1.56. The molecule has 0 radical (unpaired) electrons. The van der Waals surface area contributed by atoms with E-state index in [1.165, 1.54) is 14.2 Å². The molecule has 6 heteroatoms. The van der Waals surface area contributed by atoms with Crippen molar-refractivity contribution in [2.75, 3.05) is 14.2 Å². The van der Waals surface area contributed by atoms with Crippen LogP contribution in [0.4, 0.5) is 0 Å². The molecular weight excluding hydrogens is 338 g/mol. The van der Waals surface area contributed by atoms with Crippen molar-refractivity contribution >= 4 is 20.8 Å². The second-order valence-corrected chi connectivity index (χ2v) is 7.18. The molecule has 0 amide bonds. The molecule has 3 aromatic carbocycles. The molecule has 0 aliphatic rings. The van der Waals surface area contributed by atoms with Crippen LogP contribution < -0.4 is 14.2 Å². The van der Waals surface area contributed by atoms with Gasteiger partial charge < -0.3 is 9.47 Å². The van der Waals surface area contributed by atoms with Crippen molar-refractivity contribution < 1.29 is 17.9 Å². The van der Waals surface area contributed by atoms with Crippen molar-refractivity contribution in [3.05, 3.63) is 66.2 Å². The van der Waals surface area contributed by atoms with Gasteiger partial charge in [0.2, 0.25) is 10.0 Å². The van der Waals surface area contributed by atoms with Crippen LogP contribution in [0.1, 0.15) is 5.56 Å². The number of fused-ring (bicyclic) bond motifs is 1. The zero-order valence-corrected chi connectivity index (χ0v) is 14.8. The number of hydrogen-bond donors (Lipinski definition) is 1. The summed E-state index contributed by atoms with van der Waals surface area (Å²) in [4.78, 5) is 0.250. The van der Waals surface area contributed by atoms with E-state index in [0.29, 0.717) is 22.4 Å². The maximum Gasteiger partial charge on any atom is 0.241 e. The van der Waals surface area contributed by atoms with Crippen LogP contribution in [-0.4, -0.2) is 22.6 Å². The Kier molecular flexibility index (Phi) is 4.92. The summed E-state index contributed by atoms with van der Waals surface area (Å²) >= 11 is 0. The quantitative estimate of drug-likeness (QED) is 0.735. The number of benzene rings is 3. The Hall–Kier alpha value is -2.57. The summed E-state index contributed by atoms with van der Waals surface area (Å²) in [6, 6.07) is 17.9. The number of rotatable bonds is 6. The molecule has 0 unspecified atom stereocenters. The Bertz CT molecular complexity index is 972. The number of sulfonamides is 1. The fourth-order valence-corrected chi connectivity index (χ4v) is 4.00. The lowest BCUT2D eigenvalue weighted by atomic mass is 10.1. The minimum Gasteiger partial charge on any atom is -0.496 e. The minimum absolute atomic E-state index is 0.0682. The Labute approximate surface area is 147 Å². The van der Waals surface area contributed by atoms with Gasteiger partial charge in [0.25, 0.3) is 0 Å². The zero-order valence-electron chi connectivity index (χ0n) is 14.0. The maximum absolute atomic E-state index is 12.8. The highest BCUT2D eigenvalue weighted by Gasteiger charge is 2.19. The highest BCUT2D eigenvalue weighted by molar-refractivity contribution is 7.89. The van der Waals surface area contributed by atoms with Crippen molar-refractivity contribution in [2.45, 2.75) is 11.4 Å². The first kappa shape index (κ1) is 17.3. The standard InChI is InChI=1S/C19H19NO4S/c1-23-17-10-6-11-18(24-2)16(17)13-20-25(21,22)19-12-5-8-14-7-3-4-9-15(14)19/h3-12,20H,13H2,1-2H3. The average molecular weight is 357 g/mol. The van der Waals surface area contributed by atoms with Gasteiger partial charge in [0, 0.05) is 11.9 Å². The van der Waals surface area contributed by atoms with Crippen molar-refractivity contribution in [1.82, 2.24) is 4.72 Å². The number of methoxy groups -OCH3 is 2. The third-order valence-corrected chi connectivity index (χ3v) is 5.47. The topological polar surface area (TPSA) is 64.6 Å². The van der Waals surface area contributed by atoms with Crippen molar-refractivity contribution in [1.29, 1.82) is 0 Å². The van der Waals surface area contributed by atoms with E-state index in [0.717, 1.165) is 5.39 Å². The monoisotopic (exact) mass is 357 g/mol. The summed E-state index contributed by atoms with van der Waals surface area (Å²) in [7, 11) is -0.618. The van der Waals surface area contributed by atoms with Crippen LogP contribution in [0, 0.1) is 0 Å². The first-order valence-corrected chi connectivity index (χ1v) is 9.22. The Morgan fingerprint density at radius 2 is 1.44 bits per heavy atom. The van der Waals surface area contributed by atoms with Crippen molar-refractivity contribution in [3.63, 3.8) is 0 Å². The number of hydrogen-bond acceptors (Lipinski definition) is 4. The second kappa shape index (κ2) is 7.13. The van der Waals surface area contributed by atoms with Gasteiger partial charge in [-0.3, -0.25) is 0 Å². The zero-order chi connectivity index (χ0) is 17.9. The average Bonchev–Trinajstić information content (AvgIpc) is 2.65. The van der Waals surface area contributed by atoms with Gasteiger partial charge in [0.1, 0.15) is 11.5 Å². The van der Waals surface area contributed by atoms with Crippen LogP contribution in [0.3, 0.4) is 0 Å². The van der Waals surface area contributed by atoms with E-state index in [-0.39, 0.29) is 11.4 Å². The largest absolute Gasteiger partial charge is 0.496 e. The van der Waals surface area contributed by atoms with Crippen molar-refractivity contribution in [3.8, 4) is 11.5 Å². The van der Waals surface area contributed by atoms with Crippen LogP contribution in [0.5, 0.6) is 11.5 Å². The van der Waals surface area contributed by atoms with E-state index in [9.17, 15) is 8.42 Å². The Morgan fingerprint density at radius 3 is 2.12 bits per heavy atom. The first-order valence-electron chi connectivity index (χ1n) is 7.74. The van der Waals surface area contributed by atoms with Gasteiger partial charge in [-0.2, -0.15) is 0 Å². The molecule has 3 aromatic rings. The normalized spacial score (nSPS) is 11.4. The molecule has 0 aromatic heterocycles. The van der Waals surface area contributed by atoms with Crippen LogP contribution >= 0.6 is 0 Å². The molecular formula is C19H19NO4S. The second-order valence-electron chi connectivity index (χ2n) is 5.44. The van der Waals surface area contributed by atoms with Gasteiger partial charge >= 0.3 is 0 Å². The molecule has 0 fully saturated rings. The van der Waals surface area contributed by atoms with Gasteiger partial charge in [-0.15, -0.1) is 0 Å². The van der Waals surface area contributed by atoms with E-state index >= 15 is 0 Å². The van der Waals surface area contributed by atoms with Crippen molar-refractivity contribution in [2.24, 2.45) is 0 Å². The Morgan fingerprint density at radius 1 is 0.840 bits per heavy atom. The highest BCUT2D eigenvalue weighted by Crippen LogP contribution is 2.29. The highest BCUT2D eigenvalue weighted by atomic mass is 32.2. The fraction of sp³-hybridized carbons (Fsp3) is 0.158. The van der Waals surface area contributed by atoms with Crippen LogP contribution in [0.2, 0.25) is 0 Å². The molecule has 3 rings (SSSR count). The molecule has 0 saturated carbocycles. The lowest BCUT2D eigenvalue weighted by Gasteiger charge is -2.14. The van der Waals surface area contributed by atoms with Crippen LogP contribution in [-0.2, 0) is 16.6 Å². The SMILES string of the molecule is COc1cccc(OC)c1CNS(=O)(=O)c1cccc2ccccc12. The van der Waals surface area contributed by atoms with E-state index in [2.05, 4.69) is 4.72 Å². The van der Waals surface area contributed by atoms with Gasteiger partial charge in [-0.25, -0.2) is 13.1 Å². The molecule has 0 heterocycles. The summed E-state index contributed by atoms with van der Waals surface area (Å²) < 4.78 is 38.9. The number of nitrogens with one attached hydrogen (secondary N) is 1. The molecule has 0 aliphatic carbocycles. The fourth-order valence-electron chi connectivity index (χ4n) is 2.78. The van der Waals surface area contributed by atoms with E-state index in [4.69, 9.17) is 9.47 Å².